The SMILES string of the molecule is CC(C)NC(NC(C)C)n1ccc(C(F)(F)F)n1. The Labute approximate surface area is 105 Å². The number of nitrogens with zero attached hydrogens (tertiary/aromatic N) is 2. The molecule has 1 rings (SSSR count). The minimum Gasteiger partial charge on any atom is -0.281 e. The lowest BCUT2D eigenvalue weighted by Crippen LogP contribution is -2.45. The van der Waals surface area contributed by atoms with Crippen LogP contribution in [0.4, 0.5) is 13.2 Å². The van der Waals surface area contributed by atoms with Gasteiger partial charge in [-0.1, -0.05) is 0 Å². The van der Waals surface area contributed by atoms with Crippen LogP contribution in [0, 0.1) is 0 Å². The molecule has 0 saturated heterocycles. The van der Waals surface area contributed by atoms with Crippen molar-refractivity contribution in [3.8, 4) is 0 Å². The van der Waals surface area contributed by atoms with Crippen molar-refractivity contribution in [2.75, 3.05) is 0 Å². The van der Waals surface area contributed by atoms with E-state index in [-0.39, 0.29) is 12.1 Å². The first-order valence-electron chi connectivity index (χ1n) is 5.84. The van der Waals surface area contributed by atoms with Crippen LogP contribution in [0.25, 0.3) is 0 Å². The highest BCUT2D eigenvalue weighted by Gasteiger charge is 2.34. The highest BCUT2D eigenvalue weighted by Crippen LogP contribution is 2.27. The van der Waals surface area contributed by atoms with E-state index in [9.17, 15) is 13.2 Å². The molecule has 4 nitrogen and oxygen atoms in total. The summed E-state index contributed by atoms with van der Waals surface area (Å²) in [5.41, 5.74) is -0.886. The average Bonchev–Trinajstić information content (AvgIpc) is 2.62. The molecule has 1 aromatic heterocycles. The number of alkyl halides is 3. The van der Waals surface area contributed by atoms with Gasteiger partial charge in [-0.15, -0.1) is 0 Å². The fourth-order valence-electron chi connectivity index (χ4n) is 1.47. The van der Waals surface area contributed by atoms with E-state index in [1.165, 1.54) is 10.9 Å². The first kappa shape index (κ1) is 15.0. The fraction of sp³-hybridized carbons (Fsp3) is 0.727. The quantitative estimate of drug-likeness (QED) is 0.802. The smallest absolute Gasteiger partial charge is 0.281 e. The number of hydrogen-bond acceptors (Lipinski definition) is 3. The third kappa shape index (κ3) is 4.30. The van der Waals surface area contributed by atoms with E-state index in [1.54, 1.807) is 0 Å². The van der Waals surface area contributed by atoms with Gasteiger partial charge in [-0.3, -0.25) is 10.6 Å². The predicted octanol–water partition coefficient (Wildman–Crippen LogP) is 2.35. The van der Waals surface area contributed by atoms with Crippen LogP contribution >= 0.6 is 0 Å². The number of halogens is 3. The minimum absolute atomic E-state index is 0.125. The second-order valence-corrected chi connectivity index (χ2v) is 4.72. The molecular formula is C11H19F3N4. The molecule has 0 spiro atoms. The van der Waals surface area contributed by atoms with E-state index >= 15 is 0 Å². The van der Waals surface area contributed by atoms with Gasteiger partial charge < -0.3 is 0 Å². The molecule has 18 heavy (non-hydrogen) atoms. The molecule has 0 saturated carbocycles. The van der Waals surface area contributed by atoms with Gasteiger partial charge in [0, 0.05) is 18.3 Å². The standard InChI is InChI=1S/C11H19F3N4/c1-7(2)15-10(16-8(3)4)18-6-5-9(17-18)11(12,13)14/h5-8,10,15-16H,1-4H3. The molecule has 0 atom stereocenters. The molecule has 0 fully saturated rings. The molecule has 0 aliphatic carbocycles. The summed E-state index contributed by atoms with van der Waals surface area (Å²) in [5.74, 6) is 0. The van der Waals surface area contributed by atoms with Crippen molar-refractivity contribution >= 4 is 0 Å². The molecule has 0 aliphatic heterocycles. The normalized spacial score (nSPS) is 13.0. The molecule has 7 heteroatoms. The fourth-order valence-corrected chi connectivity index (χ4v) is 1.47. The zero-order valence-electron chi connectivity index (χ0n) is 10.9. The van der Waals surface area contributed by atoms with Crippen molar-refractivity contribution in [3.63, 3.8) is 0 Å². The van der Waals surface area contributed by atoms with Gasteiger partial charge in [0.15, 0.2) is 12.0 Å². The van der Waals surface area contributed by atoms with Gasteiger partial charge in [0.05, 0.1) is 0 Å². The zero-order chi connectivity index (χ0) is 13.9. The van der Waals surface area contributed by atoms with Gasteiger partial charge in [-0.2, -0.15) is 18.3 Å². The third-order valence-electron chi connectivity index (χ3n) is 2.15. The van der Waals surface area contributed by atoms with Gasteiger partial charge in [-0.25, -0.2) is 4.68 Å². The maximum absolute atomic E-state index is 12.5. The molecular weight excluding hydrogens is 245 g/mol. The van der Waals surface area contributed by atoms with Crippen molar-refractivity contribution < 1.29 is 13.2 Å². The summed E-state index contributed by atoms with van der Waals surface area (Å²) < 4.78 is 38.7. The monoisotopic (exact) mass is 264 g/mol. The molecule has 0 aliphatic rings. The summed E-state index contributed by atoms with van der Waals surface area (Å²) >= 11 is 0. The largest absolute Gasteiger partial charge is 0.435 e. The van der Waals surface area contributed by atoms with Crippen LogP contribution in [0.15, 0.2) is 12.3 Å². The third-order valence-corrected chi connectivity index (χ3v) is 2.15. The van der Waals surface area contributed by atoms with E-state index < -0.39 is 18.2 Å². The Morgan fingerprint density at radius 3 is 1.94 bits per heavy atom. The molecule has 0 unspecified atom stereocenters. The second-order valence-electron chi connectivity index (χ2n) is 4.72. The number of nitrogens with one attached hydrogen (secondary N) is 2. The topological polar surface area (TPSA) is 41.9 Å². The number of hydrogen-bond donors (Lipinski definition) is 2. The van der Waals surface area contributed by atoms with E-state index in [0.717, 1.165) is 6.07 Å². The van der Waals surface area contributed by atoms with E-state index in [4.69, 9.17) is 0 Å². The Balaban J connectivity index is 2.88. The summed E-state index contributed by atoms with van der Waals surface area (Å²) in [7, 11) is 0. The summed E-state index contributed by atoms with van der Waals surface area (Å²) in [5, 5.41) is 9.78. The van der Waals surface area contributed by atoms with Crippen molar-refractivity contribution in [3.05, 3.63) is 18.0 Å². The minimum atomic E-state index is -4.41. The Morgan fingerprint density at radius 1 is 1.11 bits per heavy atom. The molecule has 104 valence electrons. The number of aromatic nitrogens is 2. The summed E-state index contributed by atoms with van der Waals surface area (Å²) in [4.78, 5) is 0. The molecule has 1 aromatic rings. The van der Waals surface area contributed by atoms with Gasteiger partial charge in [-0.05, 0) is 33.8 Å². The maximum Gasteiger partial charge on any atom is 0.435 e. The Hall–Kier alpha value is -1.08. The lowest BCUT2D eigenvalue weighted by Gasteiger charge is -2.25. The van der Waals surface area contributed by atoms with E-state index in [2.05, 4.69) is 15.7 Å². The molecule has 1 heterocycles. The molecule has 0 bridgehead atoms. The molecule has 2 N–H and O–H groups in total. The lowest BCUT2D eigenvalue weighted by atomic mass is 10.3. The lowest BCUT2D eigenvalue weighted by molar-refractivity contribution is -0.141. The van der Waals surface area contributed by atoms with Crippen LogP contribution in [0.2, 0.25) is 0 Å². The highest BCUT2D eigenvalue weighted by atomic mass is 19.4. The Bertz CT molecular complexity index is 361. The van der Waals surface area contributed by atoms with Crippen molar-refractivity contribution in [2.45, 2.75) is 52.2 Å². The first-order valence-corrected chi connectivity index (χ1v) is 5.84. The van der Waals surface area contributed by atoms with Gasteiger partial charge in [0.25, 0.3) is 0 Å². The highest BCUT2D eigenvalue weighted by molar-refractivity contribution is 5.03. The molecule has 0 aromatic carbocycles. The van der Waals surface area contributed by atoms with Crippen LogP contribution in [-0.2, 0) is 6.18 Å². The van der Waals surface area contributed by atoms with Crippen LogP contribution in [0.1, 0.15) is 39.7 Å². The predicted molar refractivity (Wildman–Crippen MR) is 62.8 cm³/mol. The van der Waals surface area contributed by atoms with Gasteiger partial charge in [0.1, 0.15) is 0 Å². The zero-order valence-corrected chi connectivity index (χ0v) is 10.9. The Morgan fingerprint density at radius 2 is 1.61 bits per heavy atom. The summed E-state index contributed by atoms with van der Waals surface area (Å²) in [6.07, 6.45) is -3.55. The van der Waals surface area contributed by atoms with Crippen LogP contribution in [0.3, 0.4) is 0 Å². The van der Waals surface area contributed by atoms with Crippen LogP contribution in [0.5, 0.6) is 0 Å². The van der Waals surface area contributed by atoms with Crippen molar-refractivity contribution in [1.29, 1.82) is 0 Å². The summed E-state index contributed by atoms with van der Waals surface area (Å²) in [6.45, 7) is 7.68. The maximum atomic E-state index is 12.5. The van der Waals surface area contributed by atoms with E-state index in [0.29, 0.717) is 0 Å². The van der Waals surface area contributed by atoms with E-state index in [1.807, 2.05) is 27.7 Å². The first-order chi connectivity index (χ1) is 8.20. The number of rotatable bonds is 5. The van der Waals surface area contributed by atoms with Crippen molar-refractivity contribution in [2.24, 2.45) is 0 Å². The molecule has 0 radical (unpaired) electrons. The second kappa shape index (κ2) is 5.71. The average molecular weight is 264 g/mol. The Kier molecular flexibility index (Phi) is 4.75. The van der Waals surface area contributed by atoms with Crippen LogP contribution < -0.4 is 10.6 Å². The van der Waals surface area contributed by atoms with Crippen molar-refractivity contribution in [1.82, 2.24) is 20.4 Å². The van der Waals surface area contributed by atoms with Crippen LogP contribution in [-0.4, -0.2) is 21.9 Å². The molecule has 0 amide bonds. The summed E-state index contributed by atoms with van der Waals surface area (Å²) in [6, 6.07) is 1.22. The van der Waals surface area contributed by atoms with Gasteiger partial charge >= 0.3 is 6.18 Å². The van der Waals surface area contributed by atoms with Gasteiger partial charge in [0.2, 0.25) is 0 Å².